The normalized spacial score (nSPS) is 27.9. The van der Waals surface area contributed by atoms with Gasteiger partial charge in [0, 0.05) is 44.2 Å². The van der Waals surface area contributed by atoms with Crippen LogP contribution in [-0.2, 0) is 0 Å². The van der Waals surface area contributed by atoms with Crippen LogP contribution in [0.5, 0.6) is 0 Å². The molecule has 0 spiro atoms. The van der Waals surface area contributed by atoms with E-state index in [9.17, 15) is 5.11 Å². The summed E-state index contributed by atoms with van der Waals surface area (Å²) in [5.41, 5.74) is 0.0877. The van der Waals surface area contributed by atoms with Crippen LogP contribution in [-0.4, -0.2) is 60.8 Å². The maximum absolute atomic E-state index is 9.53. The Balaban J connectivity index is 2.46. The van der Waals surface area contributed by atoms with E-state index in [4.69, 9.17) is 0 Å². The van der Waals surface area contributed by atoms with Crippen LogP contribution in [0.3, 0.4) is 0 Å². The number of likely N-dealkylation sites (N-methyl/N-ethyl adjacent to an activating group) is 1. The minimum Gasteiger partial charge on any atom is -0.396 e. The molecule has 0 saturated carbocycles. The molecular weight excluding hydrogens is 200 g/mol. The molecule has 1 heterocycles. The van der Waals surface area contributed by atoms with Gasteiger partial charge < -0.3 is 10.0 Å². The first kappa shape index (κ1) is 13.9. The van der Waals surface area contributed by atoms with Gasteiger partial charge in [-0.05, 0) is 20.4 Å². The molecular formula is C13H28N2O. The Bertz CT molecular complexity index is 210. The minimum absolute atomic E-state index is 0.0877. The van der Waals surface area contributed by atoms with Crippen LogP contribution in [0.25, 0.3) is 0 Å². The van der Waals surface area contributed by atoms with Crippen LogP contribution in [0.4, 0.5) is 0 Å². The third kappa shape index (κ3) is 3.72. The van der Waals surface area contributed by atoms with Crippen molar-refractivity contribution in [2.45, 2.75) is 39.7 Å². The monoisotopic (exact) mass is 228 g/mol. The lowest BCUT2D eigenvalue weighted by atomic mass is 9.85. The van der Waals surface area contributed by atoms with E-state index in [1.165, 1.54) is 0 Å². The molecule has 3 heteroatoms. The minimum atomic E-state index is 0.0877. The van der Waals surface area contributed by atoms with Gasteiger partial charge in [0.15, 0.2) is 0 Å². The van der Waals surface area contributed by atoms with Crippen LogP contribution in [0.2, 0.25) is 0 Å². The Labute approximate surface area is 100 Å². The molecule has 1 aliphatic heterocycles. The number of aliphatic hydroxyl groups excluding tert-OH is 1. The topological polar surface area (TPSA) is 26.7 Å². The average molecular weight is 228 g/mol. The van der Waals surface area contributed by atoms with Gasteiger partial charge in [-0.25, -0.2) is 0 Å². The number of hydrogen-bond acceptors (Lipinski definition) is 3. The maximum atomic E-state index is 9.53. The first-order valence-electron chi connectivity index (χ1n) is 6.54. The first-order valence-corrected chi connectivity index (χ1v) is 6.54. The third-order valence-corrected chi connectivity index (χ3v) is 3.88. The molecule has 0 amide bonds. The van der Waals surface area contributed by atoms with E-state index in [1.807, 2.05) is 0 Å². The second-order valence-electron chi connectivity index (χ2n) is 5.78. The zero-order valence-corrected chi connectivity index (χ0v) is 11.4. The van der Waals surface area contributed by atoms with Gasteiger partial charge in [0.2, 0.25) is 0 Å². The van der Waals surface area contributed by atoms with Gasteiger partial charge in [0.05, 0.1) is 0 Å². The van der Waals surface area contributed by atoms with Crippen LogP contribution in [0, 0.1) is 5.41 Å². The van der Waals surface area contributed by atoms with Crippen molar-refractivity contribution in [2.75, 3.05) is 39.8 Å². The van der Waals surface area contributed by atoms with Crippen molar-refractivity contribution in [2.24, 2.45) is 5.41 Å². The highest BCUT2D eigenvalue weighted by Gasteiger charge is 2.28. The Hall–Kier alpha value is -0.120. The van der Waals surface area contributed by atoms with E-state index < -0.39 is 0 Å². The first-order chi connectivity index (χ1) is 7.50. The van der Waals surface area contributed by atoms with Crippen molar-refractivity contribution in [3.8, 4) is 0 Å². The van der Waals surface area contributed by atoms with Gasteiger partial charge in [-0.2, -0.15) is 0 Å². The largest absolute Gasteiger partial charge is 0.396 e. The summed E-state index contributed by atoms with van der Waals surface area (Å²) in [5.74, 6) is 0. The van der Waals surface area contributed by atoms with Crippen molar-refractivity contribution in [3.05, 3.63) is 0 Å². The number of nitrogens with zero attached hydrogens (tertiary/aromatic N) is 2. The molecule has 2 atom stereocenters. The van der Waals surface area contributed by atoms with E-state index in [0.29, 0.717) is 12.6 Å². The summed E-state index contributed by atoms with van der Waals surface area (Å²) in [6.45, 7) is 11.4. The SMILES string of the molecule is CCCC(C)(CO)CN1CCN(C)C(C)C1. The fourth-order valence-electron chi connectivity index (χ4n) is 2.62. The van der Waals surface area contributed by atoms with Gasteiger partial charge in [-0.1, -0.05) is 20.3 Å². The molecule has 1 fully saturated rings. The van der Waals surface area contributed by atoms with Crippen LogP contribution < -0.4 is 0 Å². The van der Waals surface area contributed by atoms with E-state index >= 15 is 0 Å². The maximum Gasteiger partial charge on any atom is 0.0497 e. The predicted octanol–water partition coefficient (Wildman–Crippen LogP) is 1.42. The zero-order chi connectivity index (χ0) is 12.2. The van der Waals surface area contributed by atoms with Crippen LogP contribution in [0.15, 0.2) is 0 Å². The molecule has 0 aromatic carbocycles. The molecule has 96 valence electrons. The summed E-state index contributed by atoms with van der Waals surface area (Å²) in [7, 11) is 2.19. The summed E-state index contributed by atoms with van der Waals surface area (Å²) < 4.78 is 0. The molecule has 1 rings (SSSR count). The molecule has 1 aliphatic rings. The zero-order valence-electron chi connectivity index (χ0n) is 11.4. The second-order valence-corrected chi connectivity index (χ2v) is 5.78. The lowest BCUT2D eigenvalue weighted by Crippen LogP contribution is -2.52. The summed E-state index contributed by atoms with van der Waals surface area (Å²) in [6, 6.07) is 0.637. The van der Waals surface area contributed by atoms with Crippen LogP contribution in [0.1, 0.15) is 33.6 Å². The Kier molecular flexibility index (Phi) is 5.22. The summed E-state index contributed by atoms with van der Waals surface area (Å²) in [5, 5.41) is 9.53. The Morgan fingerprint density at radius 2 is 2.06 bits per heavy atom. The van der Waals surface area contributed by atoms with Gasteiger partial charge in [0.1, 0.15) is 0 Å². The van der Waals surface area contributed by atoms with Gasteiger partial charge >= 0.3 is 0 Å². The highest BCUT2D eigenvalue weighted by atomic mass is 16.3. The molecule has 0 radical (unpaired) electrons. The molecule has 0 aliphatic carbocycles. The number of hydrogen-bond donors (Lipinski definition) is 1. The molecule has 0 bridgehead atoms. The van der Waals surface area contributed by atoms with Gasteiger partial charge in [0.25, 0.3) is 0 Å². The fraction of sp³-hybridized carbons (Fsp3) is 1.00. The van der Waals surface area contributed by atoms with Crippen molar-refractivity contribution < 1.29 is 5.11 Å². The number of aliphatic hydroxyl groups is 1. The number of piperazine rings is 1. The molecule has 1 saturated heterocycles. The molecule has 0 aromatic heterocycles. The summed E-state index contributed by atoms with van der Waals surface area (Å²) in [6.07, 6.45) is 2.27. The standard InChI is InChI=1S/C13H28N2O/c1-5-6-13(3,11-16)10-15-8-7-14(4)12(2)9-15/h12,16H,5-11H2,1-4H3. The van der Waals surface area contributed by atoms with Crippen LogP contribution >= 0.6 is 0 Å². The fourth-order valence-corrected chi connectivity index (χ4v) is 2.62. The molecule has 2 unspecified atom stereocenters. The van der Waals surface area contributed by atoms with E-state index in [2.05, 4.69) is 37.6 Å². The van der Waals surface area contributed by atoms with Crippen molar-refractivity contribution >= 4 is 0 Å². The van der Waals surface area contributed by atoms with E-state index in [-0.39, 0.29) is 5.41 Å². The molecule has 16 heavy (non-hydrogen) atoms. The van der Waals surface area contributed by atoms with E-state index in [1.54, 1.807) is 0 Å². The lowest BCUT2D eigenvalue weighted by Gasteiger charge is -2.41. The van der Waals surface area contributed by atoms with Crippen molar-refractivity contribution in [1.29, 1.82) is 0 Å². The van der Waals surface area contributed by atoms with Crippen molar-refractivity contribution in [3.63, 3.8) is 0 Å². The molecule has 1 N–H and O–H groups in total. The van der Waals surface area contributed by atoms with Crippen molar-refractivity contribution in [1.82, 2.24) is 9.80 Å². The smallest absolute Gasteiger partial charge is 0.0497 e. The predicted molar refractivity (Wildman–Crippen MR) is 68.6 cm³/mol. The summed E-state index contributed by atoms with van der Waals surface area (Å²) >= 11 is 0. The lowest BCUT2D eigenvalue weighted by molar-refractivity contribution is 0.0384. The average Bonchev–Trinajstić information content (AvgIpc) is 2.24. The molecule has 0 aromatic rings. The Morgan fingerprint density at radius 1 is 1.38 bits per heavy atom. The third-order valence-electron chi connectivity index (χ3n) is 3.88. The quantitative estimate of drug-likeness (QED) is 0.771. The highest BCUT2D eigenvalue weighted by molar-refractivity contribution is 4.83. The Morgan fingerprint density at radius 3 is 2.56 bits per heavy atom. The van der Waals surface area contributed by atoms with Gasteiger partial charge in [-0.15, -0.1) is 0 Å². The number of rotatable bonds is 5. The molecule has 3 nitrogen and oxygen atoms in total. The highest BCUT2D eigenvalue weighted by Crippen LogP contribution is 2.25. The second kappa shape index (κ2) is 5.99. The summed E-state index contributed by atoms with van der Waals surface area (Å²) in [4.78, 5) is 4.92. The van der Waals surface area contributed by atoms with E-state index in [0.717, 1.165) is 39.0 Å². The van der Waals surface area contributed by atoms with Gasteiger partial charge in [-0.3, -0.25) is 4.90 Å².